The smallest absolute Gasteiger partial charge is 0.160 e. The number of nitrogens with zero attached hydrogens (tertiary/aromatic N) is 6. The van der Waals surface area contributed by atoms with E-state index >= 15 is 0 Å². The topological polar surface area (TPSA) is 91.7 Å². The molecule has 9 heteroatoms. The Morgan fingerprint density at radius 3 is 2.80 bits per heavy atom. The number of likely N-dealkylation sites (tertiary alicyclic amines) is 1. The molecule has 0 radical (unpaired) electrons. The van der Waals surface area contributed by atoms with Crippen molar-refractivity contribution in [3.63, 3.8) is 0 Å². The molecule has 4 aliphatic rings. The molecule has 4 heterocycles. The number of aromatic nitrogens is 1. The Bertz CT molecular complexity index is 1010. The standard InChI is InChI=1S/C21H27N7OS/c1-12-9-23-16(13(2)20(12)29-3)10-28-24-15-8-17(27-6-4-5-7-27)14-11-30-26-21(22)19(25-28)18(14)15/h9,17H,4-8,10-11H2,1-3H3,(H2,22,26). The number of nitrogens with two attached hydrogens (primary N) is 1. The van der Waals surface area contributed by atoms with Gasteiger partial charge in [-0.3, -0.25) is 9.88 Å². The highest BCUT2D eigenvalue weighted by Gasteiger charge is 2.41. The lowest BCUT2D eigenvalue weighted by atomic mass is 10.0. The Hall–Kier alpha value is -2.39. The van der Waals surface area contributed by atoms with Crippen molar-refractivity contribution in [2.75, 3.05) is 26.0 Å². The van der Waals surface area contributed by atoms with Gasteiger partial charge in [0.1, 0.15) is 18.0 Å². The predicted octanol–water partition coefficient (Wildman–Crippen LogP) is 2.42. The van der Waals surface area contributed by atoms with Crippen molar-refractivity contribution < 1.29 is 4.74 Å². The fourth-order valence-electron chi connectivity index (χ4n) is 4.87. The zero-order valence-electron chi connectivity index (χ0n) is 17.7. The van der Waals surface area contributed by atoms with Gasteiger partial charge in [-0.1, -0.05) is 0 Å². The molecule has 30 heavy (non-hydrogen) atoms. The van der Waals surface area contributed by atoms with Crippen molar-refractivity contribution in [3.05, 3.63) is 34.2 Å². The van der Waals surface area contributed by atoms with Crippen LogP contribution in [0.5, 0.6) is 5.75 Å². The number of hydrazone groups is 2. The molecular formula is C21H27N7OS. The minimum Gasteiger partial charge on any atom is -0.496 e. The number of methoxy groups -OCH3 is 1. The second kappa shape index (κ2) is 7.70. The van der Waals surface area contributed by atoms with Crippen LogP contribution in [0, 0.1) is 13.8 Å². The molecule has 1 aliphatic carbocycles. The minimum absolute atomic E-state index is 0.388. The van der Waals surface area contributed by atoms with Crippen LogP contribution in [0.25, 0.3) is 0 Å². The normalized spacial score (nSPS) is 23.8. The van der Waals surface area contributed by atoms with E-state index in [-0.39, 0.29) is 0 Å². The molecule has 0 bridgehead atoms. The summed E-state index contributed by atoms with van der Waals surface area (Å²) in [6, 6.07) is 0.388. The maximum atomic E-state index is 6.32. The van der Waals surface area contributed by atoms with Crippen LogP contribution >= 0.6 is 11.9 Å². The molecule has 0 spiro atoms. The van der Waals surface area contributed by atoms with Gasteiger partial charge < -0.3 is 10.5 Å². The van der Waals surface area contributed by atoms with Crippen LogP contribution in [-0.2, 0) is 6.54 Å². The zero-order valence-corrected chi connectivity index (χ0v) is 18.5. The second-order valence-corrected chi connectivity index (χ2v) is 8.91. The van der Waals surface area contributed by atoms with E-state index in [1.807, 2.05) is 20.0 Å². The average molecular weight is 426 g/mol. The van der Waals surface area contributed by atoms with Gasteiger partial charge in [0.2, 0.25) is 0 Å². The number of pyridine rings is 1. The Balaban J connectivity index is 1.51. The van der Waals surface area contributed by atoms with Gasteiger partial charge in [-0.05, 0) is 57.3 Å². The van der Waals surface area contributed by atoms with Crippen LogP contribution in [0.2, 0.25) is 0 Å². The van der Waals surface area contributed by atoms with Crippen LogP contribution in [0.3, 0.4) is 0 Å². The van der Waals surface area contributed by atoms with E-state index in [2.05, 4.69) is 14.3 Å². The van der Waals surface area contributed by atoms with Crippen LogP contribution in [0.4, 0.5) is 0 Å². The number of amidine groups is 1. The number of hydrogen-bond donors (Lipinski definition) is 1. The molecular weight excluding hydrogens is 398 g/mol. The minimum atomic E-state index is 0.388. The van der Waals surface area contributed by atoms with Crippen molar-refractivity contribution >= 4 is 29.2 Å². The lowest BCUT2D eigenvalue weighted by Crippen LogP contribution is -2.34. The molecule has 3 aliphatic heterocycles. The van der Waals surface area contributed by atoms with Crippen molar-refractivity contribution in [2.24, 2.45) is 20.3 Å². The Morgan fingerprint density at radius 2 is 2.03 bits per heavy atom. The lowest BCUT2D eigenvalue weighted by molar-refractivity contribution is 0.276. The third kappa shape index (κ3) is 3.20. The van der Waals surface area contributed by atoms with Crippen LogP contribution in [-0.4, -0.2) is 64.3 Å². The third-order valence-corrected chi connectivity index (χ3v) is 7.10. The first kappa shape index (κ1) is 19.6. The predicted molar refractivity (Wildman–Crippen MR) is 121 cm³/mol. The quantitative estimate of drug-likeness (QED) is 0.745. The first-order valence-electron chi connectivity index (χ1n) is 10.4. The molecule has 158 valence electrons. The van der Waals surface area contributed by atoms with E-state index in [0.29, 0.717) is 18.4 Å². The second-order valence-electron chi connectivity index (χ2n) is 8.19. The Morgan fingerprint density at radius 1 is 1.23 bits per heavy atom. The number of hydrogen-bond acceptors (Lipinski definition) is 9. The maximum absolute atomic E-state index is 6.32. The van der Waals surface area contributed by atoms with Gasteiger partial charge in [0.15, 0.2) is 5.84 Å². The maximum Gasteiger partial charge on any atom is 0.160 e. The van der Waals surface area contributed by atoms with Crippen molar-refractivity contribution in [1.82, 2.24) is 15.0 Å². The van der Waals surface area contributed by atoms with E-state index in [0.717, 1.165) is 64.8 Å². The summed E-state index contributed by atoms with van der Waals surface area (Å²) in [5, 5.41) is 11.4. The van der Waals surface area contributed by atoms with Crippen molar-refractivity contribution in [1.29, 1.82) is 0 Å². The third-order valence-electron chi connectivity index (χ3n) is 6.33. The summed E-state index contributed by atoms with van der Waals surface area (Å²) in [5.74, 6) is 2.20. The summed E-state index contributed by atoms with van der Waals surface area (Å²) >= 11 is 1.52. The van der Waals surface area contributed by atoms with E-state index < -0.39 is 0 Å². The molecule has 0 amide bonds. The zero-order chi connectivity index (χ0) is 20.8. The van der Waals surface area contributed by atoms with Gasteiger partial charge in [-0.2, -0.15) is 19.7 Å². The first-order valence-corrected chi connectivity index (χ1v) is 11.4. The van der Waals surface area contributed by atoms with E-state index in [4.69, 9.17) is 20.7 Å². The summed E-state index contributed by atoms with van der Waals surface area (Å²) in [6.45, 7) is 6.79. The molecule has 1 saturated heterocycles. The summed E-state index contributed by atoms with van der Waals surface area (Å²) in [6.07, 6.45) is 5.29. The largest absolute Gasteiger partial charge is 0.496 e. The molecule has 1 fully saturated rings. The monoisotopic (exact) mass is 425 g/mol. The van der Waals surface area contributed by atoms with Gasteiger partial charge in [-0.25, -0.2) is 0 Å². The van der Waals surface area contributed by atoms with Gasteiger partial charge in [0.25, 0.3) is 0 Å². The highest BCUT2D eigenvalue weighted by molar-refractivity contribution is 7.98. The molecule has 1 unspecified atom stereocenters. The highest BCUT2D eigenvalue weighted by atomic mass is 32.2. The van der Waals surface area contributed by atoms with Crippen molar-refractivity contribution in [2.45, 2.75) is 45.7 Å². The van der Waals surface area contributed by atoms with Crippen LogP contribution in [0.15, 0.2) is 31.9 Å². The van der Waals surface area contributed by atoms with Crippen LogP contribution < -0.4 is 10.5 Å². The molecule has 8 nitrogen and oxygen atoms in total. The van der Waals surface area contributed by atoms with E-state index in [1.165, 1.54) is 30.4 Å². The fourth-order valence-corrected chi connectivity index (χ4v) is 5.63. The molecule has 1 aromatic rings. The van der Waals surface area contributed by atoms with Gasteiger partial charge in [0.05, 0.1) is 18.5 Å². The van der Waals surface area contributed by atoms with E-state index in [9.17, 15) is 0 Å². The molecule has 0 saturated carbocycles. The van der Waals surface area contributed by atoms with Gasteiger partial charge in [0, 0.05) is 41.1 Å². The summed E-state index contributed by atoms with van der Waals surface area (Å²) in [4.78, 5) is 7.20. The molecule has 0 aromatic carbocycles. The molecule has 1 aromatic heterocycles. The highest BCUT2D eigenvalue weighted by Crippen LogP contribution is 2.38. The molecule has 2 N–H and O–H groups in total. The lowest BCUT2D eigenvalue weighted by Gasteiger charge is -2.25. The SMILES string of the molecule is COc1c(C)cnc(CN2N=C3CC(N4CCCC4)C4=C3C(=N2)C(N)=NSC4)c1C. The van der Waals surface area contributed by atoms with Crippen LogP contribution in [0.1, 0.15) is 36.1 Å². The van der Waals surface area contributed by atoms with E-state index in [1.54, 1.807) is 12.2 Å². The first-order chi connectivity index (χ1) is 14.6. The number of rotatable bonds is 4. The van der Waals surface area contributed by atoms with Crippen molar-refractivity contribution in [3.8, 4) is 5.75 Å². The average Bonchev–Trinajstić information content (AvgIpc) is 3.34. The summed E-state index contributed by atoms with van der Waals surface area (Å²) in [7, 11) is 1.69. The fraction of sp³-hybridized carbons (Fsp3) is 0.524. The Kier molecular flexibility index (Phi) is 5.02. The number of ether oxygens (including phenoxy) is 1. The molecule has 1 atom stereocenters. The van der Waals surface area contributed by atoms with Gasteiger partial charge >= 0.3 is 0 Å². The van der Waals surface area contributed by atoms with Gasteiger partial charge in [-0.15, -0.1) is 0 Å². The Labute approximate surface area is 181 Å². The molecule has 5 rings (SSSR count). The number of aryl methyl sites for hydroxylation is 1. The summed E-state index contributed by atoms with van der Waals surface area (Å²) in [5.41, 5.74) is 13.6. The summed E-state index contributed by atoms with van der Waals surface area (Å²) < 4.78 is 10.0.